The Labute approximate surface area is 213 Å². The quantitative estimate of drug-likeness (QED) is 0.497. The van der Waals surface area contributed by atoms with E-state index in [1.807, 2.05) is 45.2 Å². The van der Waals surface area contributed by atoms with Crippen LogP contribution in [0.25, 0.3) is 5.65 Å². The second kappa shape index (κ2) is 10.8. The highest BCUT2D eigenvalue weighted by molar-refractivity contribution is 5.88. The Bertz CT molecular complexity index is 1170. The fourth-order valence-electron chi connectivity index (χ4n) is 4.68. The third kappa shape index (κ3) is 5.78. The molecule has 36 heavy (non-hydrogen) atoms. The van der Waals surface area contributed by atoms with Gasteiger partial charge in [0, 0.05) is 43.2 Å². The highest BCUT2D eigenvalue weighted by Crippen LogP contribution is 2.32. The van der Waals surface area contributed by atoms with Gasteiger partial charge in [-0.25, -0.2) is 9.78 Å². The van der Waals surface area contributed by atoms with Gasteiger partial charge >= 0.3 is 6.09 Å². The van der Waals surface area contributed by atoms with E-state index in [-0.39, 0.29) is 25.1 Å². The molecular formula is C27H38N6O3. The van der Waals surface area contributed by atoms with E-state index in [9.17, 15) is 9.90 Å². The number of hydrogen-bond acceptors (Lipinski definition) is 7. The van der Waals surface area contributed by atoms with Gasteiger partial charge in [-0.3, -0.25) is 9.88 Å². The molecule has 0 bridgehead atoms. The van der Waals surface area contributed by atoms with Gasteiger partial charge in [0.15, 0.2) is 5.65 Å². The molecule has 0 unspecified atom stereocenters. The molecule has 1 amide bonds. The van der Waals surface area contributed by atoms with Crippen molar-refractivity contribution in [2.75, 3.05) is 23.0 Å². The molecule has 0 aromatic carbocycles. The fraction of sp³-hybridized carbons (Fsp3) is 0.556. The summed E-state index contributed by atoms with van der Waals surface area (Å²) in [7, 11) is 0. The third-order valence-electron chi connectivity index (χ3n) is 6.43. The van der Waals surface area contributed by atoms with Crippen LogP contribution in [0.3, 0.4) is 0 Å². The summed E-state index contributed by atoms with van der Waals surface area (Å²) in [6, 6.07) is 5.92. The first-order valence-corrected chi connectivity index (χ1v) is 12.8. The van der Waals surface area contributed by atoms with Crippen molar-refractivity contribution in [3.63, 3.8) is 0 Å². The van der Waals surface area contributed by atoms with Crippen molar-refractivity contribution >= 4 is 23.4 Å². The summed E-state index contributed by atoms with van der Waals surface area (Å²) in [6.07, 6.45) is 8.72. The summed E-state index contributed by atoms with van der Waals surface area (Å²) in [5.74, 6) is 1.59. The number of piperidine rings is 1. The minimum atomic E-state index is -0.661. The van der Waals surface area contributed by atoms with Crippen LogP contribution in [-0.4, -0.2) is 55.6 Å². The number of aliphatic hydroxyl groups is 1. The topological polar surface area (TPSA) is 96.1 Å². The maximum Gasteiger partial charge on any atom is 0.416 e. The maximum absolute atomic E-state index is 13.6. The van der Waals surface area contributed by atoms with E-state index < -0.39 is 11.7 Å². The predicted molar refractivity (Wildman–Crippen MR) is 140 cm³/mol. The number of pyridine rings is 1. The first-order chi connectivity index (χ1) is 17.2. The van der Waals surface area contributed by atoms with Gasteiger partial charge < -0.3 is 14.7 Å². The highest BCUT2D eigenvalue weighted by atomic mass is 16.6. The number of carbonyl (C=O) groups is 1. The predicted octanol–water partition coefficient (Wildman–Crippen LogP) is 4.93. The molecule has 1 aliphatic heterocycles. The summed E-state index contributed by atoms with van der Waals surface area (Å²) < 4.78 is 7.57. The molecule has 0 spiro atoms. The maximum atomic E-state index is 13.6. The molecule has 0 radical (unpaired) electrons. The SMILES string of the molecule is CC(C)c1cnn2c(N(Cc3cccnc3)C(=O)OC(C)(C)C)cc(N3CCCC[C@H]3CCO)nc12. The molecule has 3 aromatic heterocycles. The van der Waals surface area contributed by atoms with Crippen LogP contribution in [0.15, 0.2) is 36.8 Å². The number of fused-ring (bicyclic) bond motifs is 1. The van der Waals surface area contributed by atoms with E-state index in [1.54, 1.807) is 21.8 Å². The lowest BCUT2D eigenvalue weighted by molar-refractivity contribution is 0.0575. The molecule has 1 saturated heterocycles. The zero-order valence-electron chi connectivity index (χ0n) is 22.0. The number of aliphatic hydroxyl groups excluding tert-OH is 1. The van der Waals surface area contributed by atoms with E-state index in [0.717, 1.165) is 48.4 Å². The van der Waals surface area contributed by atoms with Crippen molar-refractivity contribution in [3.05, 3.63) is 47.9 Å². The average Bonchev–Trinajstić information content (AvgIpc) is 3.27. The lowest BCUT2D eigenvalue weighted by Gasteiger charge is -2.37. The minimum absolute atomic E-state index is 0.130. The zero-order chi connectivity index (χ0) is 25.9. The molecule has 3 aromatic rings. The number of rotatable bonds is 7. The van der Waals surface area contributed by atoms with Crippen LogP contribution in [0, 0.1) is 0 Å². The van der Waals surface area contributed by atoms with Crippen LogP contribution >= 0.6 is 0 Å². The van der Waals surface area contributed by atoms with Gasteiger partial charge in [-0.15, -0.1) is 0 Å². The van der Waals surface area contributed by atoms with Crippen LogP contribution in [0.5, 0.6) is 0 Å². The van der Waals surface area contributed by atoms with E-state index in [2.05, 4.69) is 28.8 Å². The number of hydrogen-bond donors (Lipinski definition) is 1. The van der Waals surface area contributed by atoms with Crippen molar-refractivity contribution in [3.8, 4) is 0 Å². The first-order valence-electron chi connectivity index (χ1n) is 12.8. The second-order valence-corrected chi connectivity index (χ2v) is 10.7. The molecule has 1 fully saturated rings. The average molecular weight is 495 g/mol. The van der Waals surface area contributed by atoms with Gasteiger partial charge in [0.2, 0.25) is 0 Å². The van der Waals surface area contributed by atoms with Crippen LogP contribution in [0.1, 0.15) is 77.3 Å². The Kier molecular flexibility index (Phi) is 7.78. The summed E-state index contributed by atoms with van der Waals surface area (Å²) in [4.78, 5) is 26.7. The van der Waals surface area contributed by atoms with Crippen molar-refractivity contribution in [2.24, 2.45) is 0 Å². The number of carbonyl (C=O) groups excluding carboxylic acids is 1. The van der Waals surface area contributed by atoms with Crippen molar-refractivity contribution in [1.29, 1.82) is 0 Å². The highest BCUT2D eigenvalue weighted by Gasteiger charge is 2.30. The molecule has 194 valence electrons. The second-order valence-electron chi connectivity index (χ2n) is 10.7. The van der Waals surface area contributed by atoms with Crippen LogP contribution < -0.4 is 9.80 Å². The van der Waals surface area contributed by atoms with Crippen LogP contribution in [0.4, 0.5) is 16.4 Å². The molecule has 9 nitrogen and oxygen atoms in total. The number of amides is 1. The molecule has 9 heteroatoms. The molecule has 0 saturated carbocycles. The summed E-state index contributed by atoms with van der Waals surface area (Å²) in [5, 5.41) is 14.3. The molecular weight excluding hydrogens is 456 g/mol. The largest absolute Gasteiger partial charge is 0.443 e. The van der Waals surface area contributed by atoms with Gasteiger partial charge in [-0.05, 0) is 64.0 Å². The molecule has 1 N–H and O–H groups in total. The standard InChI is InChI=1S/C27H38N6O3/c1-19(2)22-17-29-33-24(15-23(30-25(22)33)31-13-7-6-10-21(31)11-14-34)32(26(35)36-27(3,4)5)18-20-9-8-12-28-16-20/h8-9,12,15-17,19,21,34H,6-7,10-11,13-14,18H2,1-5H3/t21-/m0/s1. The van der Waals surface area contributed by atoms with Gasteiger partial charge in [0.25, 0.3) is 0 Å². The Morgan fingerprint density at radius 2 is 2.08 bits per heavy atom. The lowest BCUT2D eigenvalue weighted by atomic mass is 9.99. The Morgan fingerprint density at radius 3 is 2.75 bits per heavy atom. The van der Waals surface area contributed by atoms with Gasteiger partial charge in [-0.2, -0.15) is 9.61 Å². The fourth-order valence-corrected chi connectivity index (χ4v) is 4.68. The van der Waals surface area contributed by atoms with E-state index in [0.29, 0.717) is 12.2 Å². The minimum Gasteiger partial charge on any atom is -0.443 e. The van der Waals surface area contributed by atoms with Crippen molar-refractivity contribution in [1.82, 2.24) is 19.6 Å². The third-order valence-corrected chi connectivity index (χ3v) is 6.43. The number of anilines is 2. The van der Waals surface area contributed by atoms with Crippen molar-refractivity contribution in [2.45, 2.75) is 84.4 Å². The van der Waals surface area contributed by atoms with E-state index in [4.69, 9.17) is 9.72 Å². The van der Waals surface area contributed by atoms with Gasteiger partial charge in [-0.1, -0.05) is 19.9 Å². The van der Waals surface area contributed by atoms with Crippen molar-refractivity contribution < 1.29 is 14.6 Å². The first kappa shape index (κ1) is 25.9. The summed E-state index contributed by atoms with van der Waals surface area (Å²) in [5.41, 5.74) is 1.96. The molecule has 4 heterocycles. The normalized spacial score (nSPS) is 16.5. The van der Waals surface area contributed by atoms with Gasteiger partial charge in [0.05, 0.1) is 12.7 Å². The summed E-state index contributed by atoms with van der Waals surface area (Å²) >= 11 is 0. The van der Waals surface area contributed by atoms with E-state index >= 15 is 0 Å². The zero-order valence-corrected chi connectivity index (χ0v) is 22.0. The summed E-state index contributed by atoms with van der Waals surface area (Å²) in [6.45, 7) is 11.1. The smallest absolute Gasteiger partial charge is 0.416 e. The Balaban J connectivity index is 1.88. The molecule has 1 aliphatic rings. The number of nitrogens with zero attached hydrogens (tertiary/aromatic N) is 6. The number of ether oxygens (including phenoxy) is 1. The Hall–Kier alpha value is -3.20. The lowest BCUT2D eigenvalue weighted by Crippen LogP contribution is -2.41. The van der Waals surface area contributed by atoms with E-state index in [1.165, 1.54) is 0 Å². The number of aromatic nitrogens is 4. The molecule has 1 atom stereocenters. The molecule has 0 aliphatic carbocycles. The van der Waals surface area contributed by atoms with Gasteiger partial charge in [0.1, 0.15) is 17.2 Å². The Morgan fingerprint density at radius 1 is 1.28 bits per heavy atom. The molecule has 4 rings (SSSR count). The van der Waals surface area contributed by atoms with Crippen LogP contribution in [0.2, 0.25) is 0 Å². The van der Waals surface area contributed by atoms with Crippen LogP contribution in [-0.2, 0) is 11.3 Å². The monoisotopic (exact) mass is 494 g/mol.